The lowest BCUT2D eigenvalue weighted by atomic mass is 10.2. The molecule has 0 spiro atoms. The zero-order chi connectivity index (χ0) is 24.2. The summed E-state index contributed by atoms with van der Waals surface area (Å²) in [6.45, 7) is 2.12. The molecule has 176 valence electrons. The van der Waals surface area contributed by atoms with Crippen LogP contribution < -0.4 is 26.1 Å². The van der Waals surface area contributed by atoms with Gasteiger partial charge in [-0.2, -0.15) is 0 Å². The largest absolute Gasteiger partial charge is 0.491 e. The van der Waals surface area contributed by atoms with Crippen molar-refractivity contribution < 1.29 is 22.7 Å². The van der Waals surface area contributed by atoms with Crippen molar-refractivity contribution in [3.05, 3.63) is 40.4 Å². The molecular weight excluding hydrogens is 452 g/mol. The van der Waals surface area contributed by atoms with Crippen molar-refractivity contribution in [2.24, 2.45) is 0 Å². The number of carbonyl (C=O) groups is 1. The Morgan fingerprint density at radius 2 is 1.94 bits per heavy atom. The molecule has 3 aromatic rings. The number of sulfone groups is 1. The SMILES string of the molecule is CCn1c(NC(=O)c2cnc(N)nc2)nc2c(OC)c(OCCCS(C)(=O)=O)ccc2c1=O. The predicted molar refractivity (Wildman–Crippen MR) is 122 cm³/mol. The third-order valence-electron chi connectivity index (χ3n) is 4.64. The van der Waals surface area contributed by atoms with E-state index in [0.717, 1.165) is 6.26 Å². The Labute approximate surface area is 189 Å². The van der Waals surface area contributed by atoms with Gasteiger partial charge in [0.1, 0.15) is 15.4 Å². The molecule has 0 bridgehead atoms. The summed E-state index contributed by atoms with van der Waals surface area (Å²) in [5.74, 6) is -0.0788. The highest BCUT2D eigenvalue weighted by molar-refractivity contribution is 7.90. The lowest BCUT2D eigenvalue weighted by Gasteiger charge is -2.16. The lowest BCUT2D eigenvalue weighted by Crippen LogP contribution is -2.27. The van der Waals surface area contributed by atoms with E-state index in [2.05, 4.69) is 20.3 Å². The number of aromatic nitrogens is 4. The van der Waals surface area contributed by atoms with Gasteiger partial charge in [0.2, 0.25) is 11.9 Å². The molecule has 0 fully saturated rings. The Morgan fingerprint density at radius 1 is 1.24 bits per heavy atom. The number of nitrogen functional groups attached to an aromatic ring is 1. The predicted octanol–water partition coefficient (Wildman–Crippen LogP) is 0.863. The molecule has 13 heteroatoms. The van der Waals surface area contributed by atoms with Crippen molar-refractivity contribution in [2.45, 2.75) is 19.9 Å². The molecule has 1 aromatic carbocycles. The van der Waals surface area contributed by atoms with Crippen LogP contribution in [0.15, 0.2) is 29.3 Å². The first-order valence-corrected chi connectivity index (χ1v) is 12.0. The van der Waals surface area contributed by atoms with Gasteiger partial charge in [-0.25, -0.2) is 23.4 Å². The molecule has 33 heavy (non-hydrogen) atoms. The number of ether oxygens (including phenoxy) is 2. The van der Waals surface area contributed by atoms with Crippen molar-refractivity contribution >= 4 is 38.5 Å². The number of hydrogen-bond donors (Lipinski definition) is 2. The molecule has 12 nitrogen and oxygen atoms in total. The van der Waals surface area contributed by atoms with Gasteiger partial charge in [-0.1, -0.05) is 0 Å². The molecule has 2 aromatic heterocycles. The van der Waals surface area contributed by atoms with Crippen LogP contribution in [0.2, 0.25) is 0 Å². The number of hydrogen-bond acceptors (Lipinski definition) is 10. The topological polar surface area (TPSA) is 168 Å². The van der Waals surface area contributed by atoms with Crippen LogP contribution in [0.4, 0.5) is 11.9 Å². The maximum absolute atomic E-state index is 13.1. The minimum atomic E-state index is -3.11. The van der Waals surface area contributed by atoms with E-state index in [1.807, 2.05) is 0 Å². The maximum Gasteiger partial charge on any atom is 0.262 e. The summed E-state index contributed by atoms with van der Waals surface area (Å²) < 4.78 is 35.0. The van der Waals surface area contributed by atoms with E-state index in [0.29, 0.717) is 5.75 Å². The van der Waals surface area contributed by atoms with E-state index >= 15 is 0 Å². The van der Waals surface area contributed by atoms with Crippen LogP contribution in [-0.4, -0.2) is 59.6 Å². The number of nitrogens with one attached hydrogen (secondary N) is 1. The number of benzene rings is 1. The molecule has 0 atom stereocenters. The van der Waals surface area contributed by atoms with Crippen molar-refractivity contribution in [1.82, 2.24) is 19.5 Å². The molecule has 0 aliphatic heterocycles. The van der Waals surface area contributed by atoms with Crippen LogP contribution in [0.3, 0.4) is 0 Å². The van der Waals surface area contributed by atoms with Gasteiger partial charge in [0.25, 0.3) is 11.5 Å². The zero-order valence-electron chi connectivity index (χ0n) is 18.4. The maximum atomic E-state index is 13.1. The van der Waals surface area contributed by atoms with Crippen LogP contribution in [0, 0.1) is 0 Å². The fraction of sp³-hybridized carbons (Fsp3) is 0.350. The van der Waals surface area contributed by atoms with Crippen molar-refractivity contribution in [3.63, 3.8) is 0 Å². The summed E-state index contributed by atoms with van der Waals surface area (Å²) in [5.41, 5.74) is 5.40. The average Bonchev–Trinajstić information content (AvgIpc) is 2.76. The quantitative estimate of drug-likeness (QED) is 0.422. The van der Waals surface area contributed by atoms with E-state index in [-0.39, 0.29) is 65.0 Å². The Hall–Kier alpha value is -3.74. The summed E-state index contributed by atoms with van der Waals surface area (Å²) in [6.07, 6.45) is 3.96. The first kappa shape index (κ1) is 23.9. The number of rotatable bonds is 9. The number of anilines is 2. The van der Waals surface area contributed by atoms with Crippen LogP contribution >= 0.6 is 0 Å². The number of methoxy groups -OCH3 is 1. The van der Waals surface area contributed by atoms with Gasteiger partial charge >= 0.3 is 0 Å². The van der Waals surface area contributed by atoms with Crippen LogP contribution in [-0.2, 0) is 16.4 Å². The third kappa shape index (κ3) is 5.55. The van der Waals surface area contributed by atoms with Gasteiger partial charge in [-0.15, -0.1) is 0 Å². The number of fused-ring (bicyclic) bond motifs is 1. The van der Waals surface area contributed by atoms with Gasteiger partial charge in [0.05, 0.1) is 30.4 Å². The van der Waals surface area contributed by atoms with Crippen molar-refractivity contribution in [2.75, 3.05) is 36.8 Å². The van der Waals surface area contributed by atoms with Gasteiger partial charge in [0, 0.05) is 25.2 Å². The Balaban J connectivity index is 1.99. The lowest BCUT2D eigenvalue weighted by molar-refractivity contribution is 0.102. The Kier molecular flexibility index (Phi) is 7.11. The molecule has 0 radical (unpaired) electrons. The smallest absolute Gasteiger partial charge is 0.262 e. The molecule has 1 amide bonds. The summed E-state index contributed by atoms with van der Waals surface area (Å²) >= 11 is 0. The Bertz CT molecular complexity index is 1340. The molecule has 0 aliphatic carbocycles. The monoisotopic (exact) mass is 476 g/mol. The van der Waals surface area contributed by atoms with E-state index < -0.39 is 15.7 Å². The van der Waals surface area contributed by atoms with Gasteiger partial charge < -0.3 is 15.2 Å². The molecule has 2 heterocycles. The first-order valence-electron chi connectivity index (χ1n) is 9.95. The second-order valence-electron chi connectivity index (χ2n) is 7.09. The van der Waals surface area contributed by atoms with Crippen LogP contribution in [0.25, 0.3) is 10.9 Å². The summed E-state index contributed by atoms with van der Waals surface area (Å²) in [4.78, 5) is 37.7. The van der Waals surface area contributed by atoms with Crippen molar-refractivity contribution in [3.8, 4) is 11.5 Å². The van der Waals surface area contributed by atoms with E-state index in [9.17, 15) is 18.0 Å². The first-order chi connectivity index (χ1) is 15.6. The van der Waals surface area contributed by atoms with Crippen LogP contribution in [0.1, 0.15) is 23.7 Å². The molecule has 0 unspecified atom stereocenters. The van der Waals surface area contributed by atoms with E-state index in [4.69, 9.17) is 15.2 Å². The number of nitrogens with two attached hydrogens (primary N) is 1. The molecule has 0 aliphatic rings. The average molecular weight is 477 g/mol. The Morgan fingerprint density at radius 3 is 2.55 bits per heavy atom. The third-order valence-corrected chi connectivity index (χ3v) is 5.67. The highest BCUT2D eigenvalue weighted by Crippen LogP contribution is 2.34. The fourth-order valence-corrected chi connectivity index (χ4v) is 3.72. The summed E-state index contributed by atoms with van der Waals surface area (Å²) in [6, 6.07) is 3.11. The van der Waals surface area contributed by atoms with Gasteiger partial charge in [0.15, 0.2) is 11.5 Å². The molecule has 3 rings (SSSR count). The highest BCUT2D eigenvalue weighted by Gasteiger charge is 2.19. The fourth-order valence-electron chi connectivity index (χ4n) is 3.08. The normalized spacial score (nSPS) is 11.4. The second-order valence-corrected chi connectivity index (χ2v) is 9.35. The molecule has 0 saturated heterocycles. The van der Waals surface area contributed by atoms with Crippen molar-refractivity contribution in [1.29, 1.82) is 0 Å². The van der Waals surface area contributed by atoms with E-state index in [1.165, 1.54) is 24.1 Å². The summed E-state index contributed by atoms with van der Waals surface area (Å²) in [5, 5.41) is 2.87. The minimum absolute atomic E-state index is 0.00403. The second kappa shape index (κ2) is 9.81. The highest BCUT2D eigenvalue weighted by atomic mass is 32.2. The van der Waals surface area contributed by atoms with Gasteiger partial charge in [-0.05, 0) is 25.5 Å². The van der Waals surface area contributed by atoms with Crippen LogP contribution in [0.5, 0.6) is 11.5 Å². The zero-order valence-corrected chi connectivity index (χ0v) is 19.2. The standard InChI is InChI=1S/C20H24N6O6S/c1-4-26-18(28)13-6-7-14(32-8-5-9-33(3,29)30)16(31-2)15(13)24-20(26)25-17(27)12-10-22-19(21)23-11-12/h6-7,10-11H,4-5,8-9H2,1-3H3,(H2,21,22,23)(H,24,25,27). The van der Waals surface area contributed by atoms with Gasteiger partial charge in [-0.3, -0.25) is 19.5 Å². The molecule has 0 saturated carbocycles. The van der Waals surface area contributed by atoms with E-state index in [1.54, 1.807) is 19.1 Å². The number of carbonyl (C=O) groups excluding carboxylic acids is 1. The minimum Gasteiger partial charge on any atom is -0.491 e. The number of nitrogens with zero attached hydrogens (tertiary/aromatic N) is 4. The summed E-state index contributed by atoms with van der Waals surface area (Å²) in [7, 11) is -1.71. The number of amides is 1. The molecular formula is C20H24N6O6S. The molecule has 3 N–H and O–H groups in total.